The van der Waals surface area contributed by atoms with E-state index in [-0.39, 0.29) is 30.9 Å². The summed E-state index contributed by atoms with van der Waals surface area (Å²) in [6.45, 7) is 3.43. The molecule has 3 rings (SSSR count). The summed E-state index contributed by atoms with van der Waals surface area (Å²) in [5.74, 6) is 0.994. The van der Waals surface area contributed by atoms with E-state index >= 15 is 0 Å². The van der Waals surface area contributed by atoms with Crippen LogP contribution in [0.2, 0.25) is 0 Å². The second-order valence-corrected chi connectivity index (χ2v) is 8.30. The first-order valence-corrected chi connectivity index (χ1v) is 11.7. The Hall–Kier alpha value is -1.92. The molecular formula is C24H37ClN4O2. The Bertz CT molecular complexity index is 757. The van der Waals surface area contributed by atoms with Crippen LogP contribution in [0.3, 0.4) is 0 Å². The monoisotopic (exact) mass is 448 g/mol. The van der Waals surface area contributed by atoms with Gasteiger partial charge in [-0.3, -0.25) is 4.79 Å². The zero-order valence-corrected chi connectivity index (χ0v) is 19.5. The van der Waals surface area contributed by atoms with E-state index < -0.39 is 0 Å². The molecule has 0 spiro atoms. The van der Waals surface area contributed by atoms with Gasteiger partial charge in [-0.15, -0.1) is 12.4 Å². The zero-order chi connectivity index (χ0) is 21.0. The third-order valence-electron chi connectivity index (χ3n) is 5.79. The molecule has 2 N–H and O–H groups in total. The molecule has 1 aliphatic heterocycles. The van der Waals surface area contributed by atoms with Crippen LogP contribution < -0.4 is 10.6 Å². The number of aromatic nitrogens is 2. The number of benzene rings is 1. The SMILES string of the molecule is CCCCCCCCCCc1ccc(-c2noc(CNC(=O)C3CCCN3)n2)cc1.Cl. The van der Waals surface area contributed by atoms with Crippen molar-refractivity contribution in [3.05, 3.63) is 35.7 Å². The standard InChI is InChI=1S/C24H36N4O2.ClH/c1-2-3-4-5-6-7-8-9-11-19-13-15-20(16-14-19)23-27-22(30-28-23)18-26-24(29)21-12-10-17-25-21;/h13-16,21,25H,2-12,17-18H2,1H3,(H,26,29);1H. The number of nitrogens with one attached hydrogen (secondary N) is 2. The first kappa shape index (κ1) is 25.3. The van der Waals surface area contributed by atoms with Gasteiger partial charge >= 0.3 is 0 Å². The maximum Gasteiger partial charge on any atom is 0.246 e. The van der Waals surface area contributed by atoms with Crippen LogP contribution in [0.4, 0.5) is 0 Å². The van der Waals surface area contributed by atoms with Gasteiger partial charge in [0.25, 0.3) is 0 Å². The maximum atomic E-state index is 12.1. The Labute approximate surface area is 192 Å². The lowest BCUT2D eigenvalue weighted by molar-refractivity contribution is -0.123. The summed E-state index contributed by atoms with van der Waals surface area (Å²) < 4.78 is 5.29. The summed E-state index contributed by atoms with van der Waals surface area (Å²) >= 11 is 0. The van der Waals surface area contributed by atoms with Crippen LogP contribution in [0.15, 0.2) is 28.8 Å². The fourth-order valence-corrected chi connectivity index (χ4v) is 3.92. The minimum Gasteiger partial charge on any atom is -0.346 e. The van der Waals surface area contributed by atoms with Crippen LogP contribution in [-0.4, -0.2) is 28.6 Å². The molecule has 31 heavy (non-hydrogen) atoms. The third-order valence-corrected chi connectivity index (χ3v) is 5.79. The zero-order valence-electron chi connectivity index (χ0n) is 18.7. The van der Waals surface area contributed by atoms with Crippen molar-refractivity contribution >= 4 is 18.3 Å². The summed E-state index contributed by atoms with van der Waals surface area (Å²) in [5.41, 5.74) is 2.29. The highest BCUT2D eigenvalue weighted by atomic mass is 35.5. The first-order chi connectivity index (χ1) is 14.8. The number of unbranched alkanes of at least 4 members (excludes halogenated alkanes) is 7. The molecule has 0 aliphatic carbocycles. The minimum atomic E-state index is -0.0963. The van der Waals surface area contributed by atoms with Gasteiger partial charge < -0.3 is 15.2 Å². The highest BCUT2D eigenvalue weighted by Crippen LogP contribution is 2.18. The van der Waals surface area contributed by atoms with E-state index in [1.807, 2.05) is 0 Å². The number of hydrogen-bond donors (Lipinski definition) is 2. The van der Waals surface area contributed by atoms with Crippen LogP contribution in [0.25, 0.3) is 11.4 Å². The van der Waals surface area contributed by atoms with Crippen molar-refractivity contribution in [1.29, 1.82) is 0 Å². The van der Waals surface area contributed by atoms with Crippen molar-refractivity contribution in [2.45, 2.75) is 90.1 Å². The maximum absolute atomic E-state index is 12.1. The fourth-order valence-electron chi connectivity index (χ4n) is 3.92. The number of nitrogens with zero attached hydrogens (tertiary/aromatic N) is 2. The molecule has 1 saturated heterocycles. The topological polar surface area (TPSA) is 80.0 Å². The molecular weight excluding hydrogens is 412 g/mol. The normalized spacial score (nSPS) is 15.6. The van der Waals surface area contributed by atoms with Gasteiger partial charge in [-0.25, -0.2) is 0 Å². The lowest BCUT2D eigenvalue weighted by Gasteiger charge is -2.08. The number of hydrogen-bond acceptors (Lipinski definition) is 5. The number of aryl methyl sites for hydroxylation is 1. The molecule has 1 amide bonds. The molecule has 1 aliphatic rings. The van der Waals surface area contributed by atoms with E-state index in [9.17, 15) is 4.79 Å². The average molecular weight is 449 g/mol. The number of rotatable bonds is 13. The van der Waals surface area contributed by atoms with Crippen molar-refractivity contribution in [3.8, 4) is 11.4 Å². The summed E-state index contributed by atoms with van der Waals surface area (Å²) in [4.78, 5) is 16.5. The Balaban J connectivity index is 0.00000341. The van der Waals surface area contributed by atoms with E-state index in [4.69, 9.17) is 4.52 Å². The Kier molecular flexibility index (Phi) is 11.6. The molecule has 2 heterocycles. The van der Waals surface area contributed by atoms with E-state index in [0.29, 0.717) is 11.7 Å². The molecule has 1 unspecified atom stereocenters. The molecule has 6 nitrogen and oxygen atoms in total. The summed E-state index contributed by atoms with van der Waals surface area (Å²) in [6.07, 6.45) is 13.8. The predicted octanol–water partition coefficient (Wildman–Crippen LogP) is 5.21. The highest BCUT2D eigenvalue weighted by Gasteiger charge is 2.22. The average Bonchev–Trinajstić information content (AvgIpc) is 3.47. The van der Waals surface area contributed by atoms with Crippen molar-refractivity contribution in [3.63, 3.8) is 0 Å². The third kappa shape index (κ3) is 8.62. The van der Waals surface area contributed by atoms with Crippen LogP contribution in [0, 0.1) is 0 Å². The minimum absolute atomic E-state index is 0. The Morgan fingerprint density at radius 3 is 2.48 bits per heavy atom. The second kappa shape index (κ2) is 14.2. The van der Waals surface area contributed by atoms with Crippen molar-refractivity contribution in [1.82, 2.24) is 20.8 Å². The molecule has 7 heteroatoms. The Morgan fingerprint density at radius 1 is 1.10 bits per heavy atom. The number of carbonyl (C=O) groups is 1. The van der Waals surface area contributed by atoms with E-state index in [0.717, 1.165) is 31.4 Å². The number of halogens is 1. The quantitative estimate of drug-likeness (QED) is 0.411. The van der Waals surface area contributed by atoms with Gasteiger partial charge in [0.15, 0.2) is 0 Å². The lowest BCUT2D eigenvalue weighted by Crippen LogP contribution is -2.40. The van der Waals surface area contributed by atoms with Crippen molar-refractivity contribution in [2.75, 3.05) is 6.54 Å². The van der Waals surface area contributed by atoms with Crippen LogP contribution in [0.5, 0.6) is 0 Å². The van der Waals surface area contributed by atoms with Gasteiger partial charge in [0, 0.05) is 5.56 Å². The lowest BCUT2D eigenvalue weighted by atomic mass is 10.0. The Morgan fingerprint density at radius 2 is 1.81 bits per heavy atom. The van der Waals surface area contributed by atoms with E-state index in [2.05, 4.69) is 52.0 Å². The summed E-state index contributed by atoms with van der Waals surface area (Å²) in [5, 5.41) is 10.1. The van der Waals surface area contributed by atoms with Crippen LogP contribution in [-0.2, 0) is 17.8 Å². The fraction of sp³-hybridized carbons (Fsp3) is 0.625. The molecule has 0 bridgehead atoms. The molecule has 1 fully saturated rings. The highest BCUT2D eigenvalue weighted by molar-refractivity contribution is 5.85. The van der Waals surface area contributed by atoms with Gasteiger partial charge in [0.1, 0.15) is 0 Å². The molecule has 0 saturated carbocycles. The van der Waals surface area contributed by atoms with Crippen molar-refractivity contribution < 1.29 is 9.32 Å². The van der Waals surface area contributed by atoms with Crippen molar-refractivity contribution in [2.24, 2.45) is 0 Å². The molecule has 1 atom stereocenters. The van der Waals surface area contributed by atoms with Gasteiger partial charge in [-0.1, -0.05) is 81.3 Å². The number of carbonyl (C=O) groups excluding carboxylic acids is 1. The largest absolute Gasteiger partial charge is 0.346 e. The van der Waals surface area contributed by atoms with Gasteiger partial charge in [0.2, 0.25) is 17.6 Å². The first-order valence-electron chi connectivity index (χ1n) is 11.7. The van der Waals surface area contributed by atoms with Gasteiger partial charge in [0.05, 0.1) is 12.6 Å². The van der Waals surface area contributed by atoms with Crippen LogP contribution in [0.1, 0.15) is 82.6 Å². The molecule has 1 aromatic carbocycles. The molecule has 2 aromatic rings. The second-order valence-electron chi connectivity index (χ2n) is 8.30. The molecule has 1 aromatic heterocycles. The van der Waals surface area contributed by atoms with E-state index in [1.165, 1.54) is 56.9 Å². The van der Waals surface area contributed by atoms with E-state index in [1.54, 1.807) is 0 Å². The molecule has 0 radical (unpaired) electrons. The van der Waals surface area contributed by atoms with Crippen LogP contribution >= 0.6 is 12.4 Å². The summed E-state index contributed by atoms with van der Waals surface area (Å²) in [7, 11) is 0. The smallest absolute Gasteiger partial charge is 0.246 e. The van der Waals surface area contributed by atoms with Gasteiger partial charge in [-0.2, -0.15) is 4.98 Å². The predicted molar refractivity (Wildman–Crippen MR) is 126 cm³/mol. The molecule has 172 valence electrons. The number of amides is 1. The van der Waals surface area contributed by atoms with Gasteiger partial charge in [-0.05, 0) is 37.8 Å². The summed E-state index contributed by atoms with van der Waals surface area (Å²) in [6, 6.07) is 8.31.